The van der Waals surface area contributed by atoms with E-state index < -0.39 is 12.0 Å². The largest absolute Gasteiger partial charge is 0.466 e. The zero-order valence-electron chi connectivity index (χ0n) is 11.4. The van der Waals surface area contributed by atoms with Crippen LogP contribution in [0.15, 0.2) is 35.5 Å². The minimum absolute atomic E-state index is 0.394. The number of nitrogens with zero attached hydrogens (tertiary/aromatic N) is 1. The molecule has 1 aromatic carbocycles. The fourth-order valence-electron chi connectivity index (χ4n) is 2.15. The van der Waals surface area contributed by atoms with Crippen molar-refractivity contribution in [3.8, 4) is 0 Å². The average Bonchev–Trinajstić information content (AvgIpc) is 2.44. The predicted molar refractivity (Wildman–Crippen MR) is 82.4 cm³/mol. The number of allylic oxidation sites excluding steroid dienone is 1. The molecule has 20 heavy (non-hydrogen) atoms. The van der Waals surface area contributed by atoms with Gasteiger partial charge in [0.15, 0.2) is 5.11 Å². The number of halogens is 1. The molecule has 0 fully saturated rings. The van der Waals surface area contributed by atoms with Crippen molar-refractivity contribution in [3.63, 3.8) is 0 Å². The number of rotatable bonds is 2. The summed E-state index contributed by atoms with van der Waals surface area (Å²) in [4.78, 5) is 13.8. The first-order valence-corrected chi connectivity index (χ1v) is 6.83. The van der Waals surface area contributed by atoms with Crippen LogP contribution in [-0.2, 0) is 9.53 Å². The third kappa shape index (κ3) is 2.51. The Morgan fingerprint density at radius 2 is 2.10 bits per heavy atom. The molecule has 106 valence electrons. The lowest BCUT2D eigenvalue weighted by molar-refractivity contribution is -0.136. The maximum atomic E-state index is 12.1. The first kappa shape index (κ1) is 14.8. The van der Waals surface area contributed by atoms with Crippen LogP contribution in [0.3, 0.4) is 0 Å². The molecular formula is C14H15ClN2O2S. The van der Waals surface area contributed by atoms with Crippen molar-refractivity contribution < 1.29 is 9.53 Å². The van der Waals surface area contributed by atoms with E-state index in [-0.39, 0.29) is 0 Å². The molecule has 0 bridgehead atoms. The van der Waals surface area contributed by atoms with Gasteiger partial charge < -0.3 is 15.0 Å². The van der Waals surface area contributed by atoms with Gasteiger partial charge in [-0.3, -0.25) is 0 Å². The Kier molecular flexibility index (Phi) is 4.30. The maximum absolute atomic E-state index is 12.1. The Bertz CT molecular complexity index is 601. The number of hydrogen-bond donors (Lipinski definition) is 1. The molecule has 0 spiro atoms. The summed E-state index contributed by atoms with van der Waals surface area (Å²) >= 11 is 11.5. The molecule has 1 N–H and O–H groups in total. The van der Waals surface area contributed by atoms with Crippen molar-refractivity contribution in [2.45, 2.75) is 13.0 Å². The molecular weight excluding hydrogens is 296 g/mol. The number of benzene rings is 1. The zero-order valence-corrected chi connectivity index (χ0v) is 13.0. The average molecular weight is 311 g/mol. The van der Waals surface area contributed by atoms with Gasteiger partial charge in [-0.1, -0.05) is 29.8 Å². The molecule has 1 aliphatic heterocycles. The van der Waals surface area contributed by atoms with Gasteiger partial charge in [0, 0.05) is 17.8 Å². The van der Waals surface area contributed by atoms with E-state index in [2.05, 4.69) is 5.32 Å². The lowest BCUT2D eigenvalue weighted by Gasteiger charge is -2.35. The second-order valence-corrected chi connectivity index (χ2v) is 5.25. The van der Waals surface area contributed by atoms with Crippen molar-refractivity contribution in [1.29, 1.82) is 0 Å². The van der Waals surface area contributed by atoms with E-state index >= 15 is 0 Å². The molecule has 6 heteroatoms. The van der Waals surface area contributed by atoms with E-state index in [9.17, 15) is 4.79 Å². The Labute approximate surface area is 128 Å². The fraction of sp³-hybridized carbons (Fsp3) is 0.286. The molecule has 0 saturated heterocycles. The van der Waals surface area contributed by atoms with Gasteiger partial charge in [0.05, 0.1) is 18.7 Å². The number of nitrogens with one attached hydrogen (secondary N) is 1. The Morgan fingerprint density at radius 3 is 2.70 bits per heavy atom. The predicted octanol–water partition coefficient (Wildman–Crippen LogP) is 2.65. The smallest absolute Gasteiger partial charge is 0.337 e. The van der Waals surface area contributed by atoms with Crippen molar-refractivity contribution in [2.75, 3.05) is 14.2 Å². The van der Waals surface area contributed by atoms with Crippen molar-refractivity contribution in [1.82, 2.24) is 10.2 Å². The molecule has 4 nitrogen and oxygen atoms in total. The summed E-state index contributed by atoms with van der Waals surface area (Å²) in [7, 11) is 3.16. The van der Waals surface area contributed by atoms with Crippen molar-refractivity contribution >= 4 is 34.9 Å². The summed E-state index contributed by atoms with van der Waals surface area (Å²) < 4.78 is 4.89. The fourth-order valence-corrected chi connectivity index (χ4v) is 2.65. The standard InChI is InChI=1S/C14H15ClN2O2S/c1-8-11(13(18)19-3)12(16-14(20)17(8)2)9-6-4-5-7-10(9)15/h4-7,12H,1-3H3,(H,16,20)/t12-/m0/s1. The highest BCUT2D eigenvalue weighted by Gasteiger charge is 2.33. The number of ether oxygens (including phenoxy) is 1. The van der Waals surface area contributed by atoms with Crippen LogP contribution < -0.4 is 5.32 Å². The highest BCUT2D eigenvalue weighted by atomic mass is 35.5. The van der Waals surface area contributed by atoms with Gasteiger partial charge >= 0.3 is 5.97 Å². The molecule has 1 aliphatic rings. The van der Waals surface area contributed by atoms with Gasteiger partial charge in [0.1, 0.15) is 0 Å². The molecule has 1 aromatic rings. The molecule has 0 aliphatic carbocycles. The van der Waals surface area contributed by atoms with Crippen molar-refractivity contribution in [2.24, 2.45) is 0 Å². The van der Waals surface area contributed by atoms with Gasteiger partial charge in [-0.25, -0.2) is 4.79 Å². The number of thiocarbonyl (C=S) groups is 1. The summed E-state index contributed by atoms with van der Waals surface area (Å²) in [6.07, 6.45) is 0. The number of carbonyl (C=O) groups is 1. The third-order valence-corrected chi connectivity index (χ3v) is 4.11. The first-order valence-electron chi connectivity index (χ1n) is 6.05. The van der Waals surface area contributed by atoms with Crippen LogP contribution in [0.1, 0.15) is 18.5 Å². The van der Waals surface area contributed by atoms with Crippen molar-refractivity contribution in [3.05, 3.63) is 46.1 Å². The summed E-state index contributed by atoms with van der Waals surface area (Å²) in [5, 5.41) is 4.25. The van der Waals surface area contributed by atoms with E-state index in [1.54, 1.807) is 18.0 Å². The van der Waals surface area contributed by atoms with Gasteiger partial charge in [0.25, 0.3) is 0 Å². The highest BCUT2D eigenvalue weighted by molar-refractivity contribution is 7.80. The third-order valence-electron chi connectivity index (χ3n) is 3.38. The molecule has 0 saturated carbocycles. The monoisotopic (exact) mass is 310 g/mol. The van der Waals surface area contributed by atoms with Crippen LogP contribution in [-0.4, -0.2) is 30.1 Å². The summed E-state index contributed by atoms with van der Waals surface area (Å²) in [5.74, 6) is -0.394. The van der Waals surface area contributed by atoms with Gasteiger partial charge in [-0.2, -0.15) is 0 Å². The molecule has 1 atom stereocenters. The Morgan fingerprint density at radius 1 is 1.45 bits per heavy atom. The van der Waals surface area contributed by atoms with E-state index in [4.69, 9.17) is 28.6 Å². The molecule has 0 radical (unpaired) electrons. The van der Waals surface area contributed by atoms with E-state index in [0.29, 0.717) is 15.7 Å². The maximum Gasteiger partial charge on any atom is 0.337 e. The zero-order chi connectivity index (χ0) is 14.9. The van der Waals surface area contributed by atoms with Gasteiger partial charge in [0.2, 0.25) is 0 Å². The molecule has 0 amide bonds. The van der Waals surface area contributed by atoms with Crippen LogP contribution in [0.5, 0.6) is 0 Å². The highest BCUT2D eigenvalue weighted by Crippen LogP contribution is 2.33. The van der Waals surface area contributed by atoms with Gasteiger partial charge in [-0.05, 0) is 30.8 Å². The summed E-state index contributed by atoms with van der Waals surface area (Å²) in [5.41, 5.74) is 2.06. The van der Waals surface area contributed by atoms with Crippen LogP contribution >= 0.6 is 23.8 Å². The van der Waals surface area contributed by atoms with E-state index in [0.717, 1.165) is 11.3 Å². The molecule has 0 aromatic heterocycles. The normalized spacial score (nSPS) is 18.9. The van der Waals surface area contributed by atoms with E-state index in [1.807, 2.05) is 25.1 Å². The molecule has 2 rings (SSSR count). The first-order chi connectivity index (χ1) is 9.47. The van der Waals surface area contributed by atoms with Gasteiger partial charge in [-0.15, -0.1) is 0 Å². The number of esters is 1. The van der Waals surface area contributed by atoms with Crippen LogP contribution in [0.4, 0.5) is 0 Å². The SMILES string of the molecule is COC(=O)C1=C(C)N(C)C(=S)N[C@H]1c1ccccc1Cl. The number of carbonyl (C=O) groups excluding carboxylic acids is 1. The Balaban J connectivity index is 2.58. The van der Waals surface area contributed by atoms with Crippen LogP contribution in [0.25, 0.3) is 0 Å². The summed E-state index contributed by atoms with van der Waals surface area (Å²) in [6.45, 7) is 1.84. The Hall–Kier alpha value is -1.59. The second kappa shape index (κ2) is 5.81. The van der Waals surface area contributed by atoms with Crippen LogP contribution in [0.2, 0.25) is 5.02 Å². The molecule has 1 heterocycles. The van der Waals surface area contributed by atoms with E-state index in [1.165, 1.54) is 7.11 Å². The number of hydrogen-bond acceptors (Lipinski definition) is 3. The number of methoxy groups -OCH3 is 1. The van der Waals surface area contributed by atoms with Crippen LogP contribution in [0, 0.1) is 0 Å². The quantitative estimate of drug-likeness (QED) is 0.672. The minimum atomic E-state index is -0.403. The minimum Gasteiger partial charge on any atom is -0.466 e. The molecule has 0 unspecified atom stereocenters. The lowest BCUT2D eigenvalue weighted by Crippen LogP contribution is -2.46. The lowest BCUT2D eigenvalue weighted by atomic mass is 9.95. The summed E-state index contributed by atoms with van der Waals surface area (Å²) in [6, 6.07) is 6.95. The topological polar surface area (TPSA) is 41.6 Å². The second-order valence-electron chi connectivity index (χ2n) is 4.45.